The third-order valence-electron chi connectivity index (χ3n) is 3.82. The summed E-state index contributed by atoms with van der Waals surface area (Å²) in [5.74, 6) is 0.790. The van der Waals surface area contributed by atoms with E-state index in [1.54, 1.807) is 18.2 Å². The Kier molecular flexibility index (Phi) is 5.58. The van der Waals surface area contributed by atoms with Crippen molar-refractivity contribution in [2.45, 2.75) is 12.8 Å². The average molecular weight is 357 g/mol. The Morgan fingerprint density at radius 3 is 2.54 bits per heavy atom. The number of benzene rings is 2. The minimum absolute atomic E-state index is 0.0646. The summed E-state index contributed by atoms with van der Waals surface area (Å²) in [7, 11) is 0. The summed E-state index contributed by atoms with van der Waals surface area (Å²) in [6, 6.07) is 12.6. The molecule has 1 aliphatic rings. The van der Waals surface area contributed by atoms with E-state index in [1.807, 2.05) is 24.3 Å². The predicted molar refractivity (Wildman–Crippen MR) is 92.6 cm³/mol. The summed E-state index contributed by atoms with van der Waals surface area (Å²) >= 11 is 0. The summed E-state index contributed by atoms with van der Waals surface area (Å²) in [6.07, 6.45) is 0.949. The van der Waals surface area contributed by atoms with E-state index in [0.29, 0.717) is 30.2 Å². The van der Waals surface area contributed by atoms with E-state index in [2.05, 4.69) is 5.32 Å². The van der Waals surface area contributed by atoms with E-state index >= 15 is 0 Å². The zero-order valence-electron chi connectivity index (χ0n) is 14.1. The number of carboxylic acids is 1. The van der Waals surface area contributed by atoms with Crippen molar-refractivity contribution in [1.29, 1.82) is 0 Å². The highest BCUT2D eigenvalue weighted by atomic mass is 16.7. The standard InChI is InChI=1S/C19H19NO6/c21-18(10-14-3-6-16-17(9-14)26-12-25-16)20-8-7-13-1-4-15(5-2-13)24-11-19(22)23/h1-6,9H,7-8,10-12H2,(H,20,21)(H,22,23). The fourth-order valence-corrected chi connectivity index (χ4v) is 2.54. The Balaban J connectivity index is 1.41. The highest BCUT2D eigenvalue weighted by Gasteiger charge is 2.14. The third-order valence-corrected chi connectivity index (χ3v) is 3.82. The fourth-order valence-electron chi connectivity index (χ4n) is 2.54. The summed E-state index contributed by atoms with van der Waals surface area (Å²) in [5, 5.41) is 11.5. The Morgan fingerprint density at radius 2 is 1.77 bits per heavy atom. The maximum Gasteiger partial charge on any atom is 0.341 e. The van der Waals surface area contributed by atoms with Crippen molar-refractivity contribution in [3.05, 3.63) is 53.6 Å². The summed E-state index contributed by atoms with van der Waals surface area (Å²) in [5.41, 5.74) is 1.89. The molecule has 7 heteroatoms. The fraction of sp³-hybridized carbons (Fsp3) is 0.263. The Morgan fingerprint density at radius 1 is 1.04 bits per heavy atom. The molecule has 2 aromatic rings. The van der Waals surface area contributed by atoms with Gasteiger partial charge < -0.3 is 24.6 Å². The van der Waals surface area contributed by atoms with Crippen LogP contribution in [0.1, 0.15) is 11.1 Å². The zero-order chi connectivity index (χ0) is 18.4. The van der Waals surface area contributed by atoms with Crippen molar-refractivity contribution in [2.24, 2.45) is 0 Å². The lowest BCUT2D eigenvalue weighted by molar-refractivity contribution is -0.139. The van der Waals surface area contributed by atoms with Gasteiger partial charge in [0.15, 0.2) is 18.1 Å². The molecule has 0 fully saturated rings. The normalized spacial score (nSPS) is 11.8. The lowest BCUT2D eigenvalue weighted by atomic mass is 10.1. The van der Waals surface area contributed by atoms with Gasteiger partial charge in [0.05, 0.1) is 6.42 Å². The molecule has 0 unspecified atom stereocenters. The van der Waals surface area contributed by atoms with Crippen molar-refractivity contribution in [3.63, 3.8) is 0 Å². The Labute approximate surface area is 150 Å². The molecule has 0 saturated carbocycles. The van der Waals surface area contributed by atoms with Gasteiger partial charge in [-0.3, -0.25) is 4.79 Å². The molecule has 0 aromatic heterocycles. The van der Waals surface area contributed by atoms with Crippen molar-refractivity contribution in [2.75, 3.05) is 19.9 Å². The summed E-state index contributed by atoms with van der Waals surface area (Å²) < 4.78 is 15.6. The van der Waals surface area contributed by atoms with Crippen LogP contribution >= 0.6 is 0 Å². The van der Waals surface area contributed by atoms with E-state index < -0.39 is 5.97 Å². The molecule has 1 amide bonds. The number of hydrogen-bond donors (Lipinski definition) is 2. The van der Waals surface area contributed by atoms with Crippen LogP contribution in [0.5, 0.6) is 17.2 Å². The SMILES string of the molecule is O=C(O)COc1ccc(CCNC(=O)Cc2ccc3c(c2)OCO3)cc1. The Hall–Kier alpha value is -3.22. The first-order chi connectivity index (χ1) is 12.6. The van der Waals surface area contributed by atoms with Gasteiger partial charge in [-0.2, -0.15) is 0 Å². The van der Waals surface area contributed by atoms with E-state index in [4.69, 9.17) is 19.3 Å². The van der Waals surface area contributed by atoms with Gasteiger partial charge in [0.1, 0.15) is 5.75 Å². The van der Waals surface area contributed by atoms with Crippen LogP contribution < -0.4 is 19.5 Å². The molecule has 2 aromatic carbocycles. The molecule has 2 N–H and O–H groups in total. The van der Waals surface area contributed by atoms with Crippen LogP contribution in [0, 0.1) is 0 Å². The van der Waals surface area contributed by atoms with E-state index in [-0.39, 0.29) is 25.7 Å². The number of rotatable bonds is 8. The van der Waals surface area contributed by atoms with Crippen LogP contribution in [-0.2, 0) is 22.4 Å². The second-order valence-corrected chi connectivity index (χ2v) is 5.79. The van der Waals surface area contributed by atoms with Crippen LogP contribution in [0.15, 0.2) is 42.5 Å². The van der Waals surface area contributed by atoms with Crippen LogP contribution in [0.4, 0.5) is 0 Å². The molecular formula is C19H19NO6. The van der Waals surface area contributed by atoms with E-state index in [1.165, 1.54) is 0 Å². The number of amides is 1. The van der Waals surface area contributed by atoms with Crippen LogP contribution in [0.25, 0.3) is 0 Å². The second-order valence-electron chi connectivity index (χ2n) is 5.79. The number of aliphatic carboxylic acids is 1. The van der Waals surface area contributed by atoms with Gasteiger partial charge in [0.25, 0.3) is 0 Å². The van der Waals surface area contributed by atoms with Gasteiger partial charge in [0.2, 0.25) is 12.7 Å². The number of ether oxygens (including phenoxy) is 3. The summed E-state index contributed by atoms with van der Waals surface area (Å²) in [4.78, 5) is 22.5. The van der Waals surface area contributed by atoms with Gasteiger partial charge >= 0.3 is 5.97 Å². The van der Waals surface area contributed by atoms with Gasteiger partial charge in [-0.05, 0) is 41.8 Å². The highest BCUT2D eigenvalue weighted by Crippen LogP contribution is 2.32. The molecule has 0 bridgehead atoms. The smallest absolute Gasteiger partial charge is 0.341 e. The summed E-state index contributed by atoms with van der Waals surface area (Å²) in [6.45, 7) is 0.360. The maximum absolute atomic E-state index is 12.0. The largest absolute Gasteiger partial charge is 0.482 e. The molecule has 1 heterocycles. The molecule has 0 spiro atoms. The van der Waals surface area contributed by atoms with Crippen molar-refractivity contribution >= 4 is 11.9 Å². The van der Waals surface area contributed by atoms with Crippen LogP contribution in [0.3, 0.4) is 0 Å². The first-order valence-corrected chi connectivity index (χ1v) is 8.19. The monoisotopic (exact) mass is 357 g/mol. The van der Waals surface area contributed by atoms with E-state index in [0.717, 1.165) is 11.1 Å². The number of carboxylic acid groups (broad SMARTS) is 1. The molecule has 3 rings (SSSR count). The minimum Gasteiger partial charge on any atom is -0.482 e. The number of hydrogen-bond acceptors (Lipinski definition) is 5. The van der Waals surface area contributed by atoms with Crippen molar-refractivity contribution < 1.29 is 28.9 Å². The quantitative estimate of drug-likeness (QED) is 0.748. The maximum atomic E-state index is 12.0. The number of carbonyl (C=O) groups excluding carboxylic acids is 1. The molecule has 0 aliphatic carbocycles. The number of carbonyl (C=O) groups is 2. The lowest BCUT2D eigenvalue weighted by Gasteiger charge is -2.07. The third kappa shape index (κ3) is 4.89. The van der Waals surface area contributed by atoms with Crippen molar-refractivity contribution in [3.8, 4) is 17.2 Å². The minimum atomic E-state index is -1.01. The average Bonchev–Trinajstić information content (AvgIpc) is 3.09. The second kappa shape index (κ2) is 8.24. The predicted octanol–water partition coefficient (Wildman–Crippen LogP) is 1.78. The molecular weight excluding hydrogens is 338 g/mol. The topological polar surface area (TPSA) is 94.1 Å². The first kappa shape index (κ1) is 17.6. The molecule has 1 aliphatic heterocycles. The van der Waals surface area contributed by atoms with Gasteiger partial charge in [-0.1, -0.05) is 18.2 Å². The van der Waals surface area contributed by atoms with E-state index in [9.17, 15) is 9.59 Å². The van der Waals surface area contributed by atoms with Gasteiger partial charge in [0, 0.05) is 6.54 Å². The van der Waals surface area contributed by atoms with Gasteiger partial charge in [-0.25, -0.2) is 4.79 Å². The number of nitrogens with one attached hydrogen (secondary N) is 1. The van der Waals surface area contributed by atoms with Crippen LogP contribution in [-0.4, -0.2) is 36.9 Å². The van der Waals surface area contributed by atoms with Crippen molar-refractivity contribution in [1.82, 2.24) is 5.32 Å². The lowest BCUT2D eigenvalue weighted by Crippen LogP contribution is -2.27. The highest BCUT2D eigenvalue weighted by molar-refractivity contribution is 5.78. The number of fused-ring (bicyclic) bond motifs is 1. The van der Waals surface area contributed by atoms with Gasteiger partial charge in [-0.15, -0.1) is 0 Å². The Bertz CT molecular complexity index is 787. The van der Waals surface area contributed by atoms with Crippen LogP contribution in [0.2, 0.25) is 0 Å². The zero-order valence-corrected chi connectivity index (χ0v) is 14.1. The molecule has 0 radical (unpaired) electrons. The molecule has 0 atom stereocenters. The molecule has 0 saturated heterocycles. The molecule has 136 valence electrons. The molecule has 26 heavy (non-hydrogen) atoms. The molecule has 7 nitrogen and oxygen atoms in total. The first-order valence-electron chi connectivity index (χ1n) is 8.19.